The molecule has 3 N–H and O–H groups in total. The van der Waals surface area contributed by atoms with Crippen LogP contribution >= 0.6 is 11.8 Å². The summed E-state index contributed by atoms with van der Waals surface area (Å²) in [6, 6.07) is 0. The molecule has 0 aromatic carbocycles. The van der Waals surface area contributed by atoms with E-state index in [4.69, 9.17) is 15.2 Å². The van der Waals surface area contributed by atoms with Crippen molar-refractivity contribution >= 4 is 35.8 Å². The van der Waals surface area contributed by atoms with Crippen molar-refractivity contribution in [2.45, 2.75) is 31.3 Å². The molecule has 0 aromatic rings. The summed E-state index contributed by atoms with van der Waals surface area (Å²) in [5, 5.41) is 9.80. The third-order valence-corrected chi connectivity index (χ3v) is 4.42. The Morgan fingerprint density at radius 2 is 2.11 bits per heavy atom. The largest absolute Gasteiger partial charge is 0.462 e. The van der Waals surface area contributed by atoms with Crippen LogP contribution in [0, 0.1) is 0 Å². The summed E-state index contributed by atoms with van der Waals surface area (Å²) in [7, 11) is 1.25. The molecule has 1 saturated heterocycles. The van der Waals surface area contributed by atoms with Crippen LogP contribution in [-0.2, 0) is 23.9 Å². The molecule has 0 aliphatic carbocycles. The molecule has 0 aromatic heterocycles. The van der Waals surface area contributed by atoms with Crippen LogP contribution in [0.5, 0.6) is 0 Å². The number of nitrogens with zero attached hydrogens (tertiary/aromatic N) is 2. The minimum atomic E-state index is -3.66. The predicted molar refractivity (Wildman–Crippen MR) is 93.2 cm³/mol. The first-order chi connectivity index (χ1) is 12.6. The molecular weight excluding hydrogens is 388 g/mol. The van der Waals surface area contributed by atoms with Crippen molar-refractivity contribution in [2.24, 2.45) is 10.7 Å². The number of aliphatic imine (C=N–C) groups is 1. The minimum absolute atomic E-state index is 0.111. The Kier molecular flexibility index (Phi) is 8.79. The van der Waals surface area contributed by atoms with Gasteiger partial charge in [-0.3, -0.25) is 14.4 Å². The highest BCUT2D eigenvalue weighted by Crippen LogP contribution is 2.37. The molecule has 0 spiro atoms. The molecule has 3 atom stereocenters. The molecule has 1 amide bonds. The van der Waals surface area contributed by atoms with Crippen molar-refractivity contribution < 1.29 is 37.7 Å². The Labute approximate surface area is 158 Å². The summed E-state index contributed by atoms with van der Waals surface area (Å²) in [4.78, 5) is 36.7. The van der Waals surface area contributed by atoms with Gasteiger partial charge in [0.15, 0.2) is 12.3 Å². The van der Waals surface area contributed by atoms with E-state index in [0.717, 1.165) is 28.9 Å². The lowest BCUT2D eigenvalue weighted by Gasteiger charge is -2.27. The number of aliphatic hydroxyl groups is 1. The SMILES string of the molecule is CC(=O)CSCC(=O)OCC1OC(N(C)/C=C\C(N)=N/C=O)C(F)(F)C1O. The standard InChI is InChI=1S/C15H21F2N3O6S/c1-9(22)6-27-7-12(23)25-5-10-13(24)15(16,17)14(26-10)20(2)4-3-11(18)19-8-21/h3-4,8,10,13-14,24H,5-7H2,1-2H3,(H2,18,19,21)/b4-3-. The molecule has 27 heavy (non-hydrogen) atoms. The molecule has 1 heterocycles. The number of ketones is 1. The van der Waals surface area contributed by atoms with Crippen molar-refractivity contribution in [3.05, 3.63) is 12.3 Å². The maximum absolute atomic E-state index is 14.2. The second kappa shape index (κ2) is 10.3. The lowest BCUT2D eigenvalue weighted by Crippen LogP contribution is -2.46. The van der Waals surface area contributed by atoms with Crippen molar-refractivity contribution in [1.82, 2.24) is 4.90 Å². The summed E-state index contributed by atoms with van der Waals surface area (Å²) in [6.45, 7) is 0.797. The summed E-state index contributed by atoms with van der Waals surface area (Å²) in [5.74, 6) is -4.68. The first kappa shape index (κ1) is 23.0. The topological polar surface area (TPSA) is 132 Å². The van der Waals surface area contributed by atoms with Gasteiger partial charge < -0.3 is 25.2 Å². The number of amides is 1. The number of halogens is 2. The third-order valence-electron chi connectivity index (χ3n) is 3.37. The Hall–Kier alpha value is -2.05. The van der Waals surface area contributed by atoms with Crippen LogP contribution in [0.25, 0.3) is 0 Å². The van der Waals surface area contributed by atoms with Gasteiger partial charge in [0.25, 0.3) is 0 Å². The fourth-order valence-electron chi connectivity index (χ4n) is 2.09. The van der Waals surface area contributed by atoms with E-state index in [-0.39, 0.29) is 29.5 Å². The van der Waals surface area contributed by atoms with Crippen molar-refractivity contribution in [3.63, 3.8) is 0 Å². The first-order valence-electron chi connectivity index (χ1n) is 7.70. The highest BCUT2D eigenvalue weighted by molar-refractivity contribution is 8.00. The summed E-state index contributed by atoms with van der Waals surface area (Å²) in [6.07, 6.45) is -3.06. The Morgan fingerprint density at radius 1 is 1.44 bits per heavy atom. The number of rotatable bonds is 10. The molecular formula is C15H21F2N3O6S. The molecule has 1 rings (SSSR count). The molecule has 9 nitrogen and oxygen atoms in total. The molecule has 12 heteroatoms. The van der Waals surface area contributed by atoms with E-state index in [2.05, 4.69) is 4.99 Å². The fraction of sp³-hybridized carbons (Fsp3) is 0.600. The van der Waals surface area contributed by atoms with Gasteiger partial charge in [-0.25, -0.2) is 0 Å². The number of hydrogen-bond donors (Lipinski definition) is 2. The van der Waals surface area contributed by atoms with E-state index >= 15 is 0 Å². The number of thioether (sulfide) groups is 1. The maximum atomic E-state index is 14.2. The van der Waals surface area contributed by atoms with Gasteiger partial charge in [0.1, 0.15) is 24.3 Å². The zero-order valence-corrected chi connectivity index (χ0v) is 15.5. The molecule has 0 saturated carbocycles. The number of aliphatic hydroxyl groups excluding tert-OH is 1. The number of ether oxygens (including phenoxy) is 2. The second-order valence-corrected chi connectivity index (χ2v) is 6.65. The van der Waals surface area contributed by atoms with E-state index in [1.165, 1.54) is 14.0 Å². The second-order valence-electron chi connectivity index (χ2n) is 5.66. The van der Waals surface area contributed by atoms with Gasteiger partial charge >= 0.3 is 11.9 Å². The molecule has 1 fully saturated rings. The number of hydrogen-bond acceptors (Lipinski definition) is 8. The maximum Gasteiger partial charge on any atom is 0.319 e. The van der Waals surface area contributed by atoms with Crippen LogP contribution in [0.15, 0.2) is 17.3 Å². The van der Waals surface area contributed by atoms with Gasteiger partial charge in [-0.05, 0) is 13.0 Å². The van der Waals surface area contributed by atoms with Gasteiger partial charge in [-0.15, -0.1) is 11.8 Å². The number of carbonyl (C=O) groups is 3. The number of alkyl halides is 2. The molecule has 1 aliphatic heterocycles. The zero-order valence-electron chi connectivity index (χ0n) is 14.7. The van der Waals surface area contributed by atoms with Gasteiger partial charge in [0, 0.05) is 13.2 Å². The number of carbonyl (C=O) groups excluding carboxylic acids is 3. The molecule has 1 aliphatic rings. The minimum Gasteiger partial charge on any atom is -0.462 e. The quantitative estimate of drug-likeness (QED) is 0.213. The highest BCUT2D eigenvalue weighted by atomic mass is 32.2. The first-order valence-corrected chi connectivity index (χ1v) is 8.86. The normalized spacial score (nSPS) is 24.8. The highest BCUT2D eigenvalue weighted by Gasteiger charge is 2.60. The Balaban J connectivity index is 2.62. The van der Waals surface area contributed by atoms with E-state index in [1.807, 2.05) is 0 Å². The summed E-state index contributed by atoms with van der Waals surface area (Å²) >= 11 is 1.03. The Morgan fingerprint density at radius 3 is 2.70 bits per heavy atom. The van der Waals surface area contributed by atoms with Gasteiger partial charge in [0.2, 0.25) is 6.41 Å². The average molecular weight is 409 g/mol. The van der Waals surface area contributed by atoms with Crippen LogP contribution in [0.3, 0.4) is 0 Å². The number of nitrogens with two attached hydrogens (primary N) is 1. The monoisotopic (exact) mass is 409 g/mol. The van der Waals surface area contributed by atoms with Crippen LogP contribution < -0.4 is 5.73 Å². The Bertz CT molecular complexity index is 616. The predicted octanol–water partition coefficient (Wildman–Crippen LogP) is -0.468. The van der Waals surface area contributed by atoms with Crippen molar-refractivity contribution in [3.8, 4) is 0 Å². The van der Waals surface area contributed by atoms with Crippen LogP contribution in [0.4, 0.5) is 8.78 Å². The van der Waals surface area contributed by atoms with Gasteiger partial charge in [-0.2, -0.15) is 13.8 Å². The fourth-order valence-corrected chi connectivity index (χ4v) is 2.73. The average Bonchev–Trinajstić information content (AvgIpc) is 2.81. The van der Waals surface area contributed by atoms with Crippen molar-refractivity contribution in [1.29, 1.82) is 0 Å². The van der Waals surface area contributed by atoms with E-state index in [9.17, 15) is 28.3 Å². The van der Waals surface area contributed by atoms with E-state index < -0.39 is 36.9 Å². The summed E-state index contributed by atoms with van der Waals surface area (Å²) in [5.41, 5.74) is 5.34. The third kappa shape index (κ3) is 6.88. The lowest BCUT2D eigenvalue weighted by atomic mass is 10.1. The molecule has 3 unspecified atom stereocenters. The number of amidine groups is 1. The number of esters is 1. The van der Waals surface area contributed by atoms with Gasteiger partial charge in [0.05, 0.1) is 11.5 Å². The van der Waals surface area contributed by atoms with E-state index in [0.29, 0.717) is 0 Å². The van der Waals surface area contributed by atoms with Gasteiger partial charge in [-0.1, -0.05) is 0 Å². The van der Waals surface area contributed by atoms with E-state index in [1.54, 1.807) is 0 Å². The summed E-state index contributed by atoms with van der Waals surface area (Å²) < 4.78 is 38.4. The lowest BCUT2D eigenvalue weighted by molar-refractivity contribution is -0.152. The number of Topliss-reactive ketones (excluding diaryl/α,β-unsaturated/α-hetero) is 1. The molecule has 0 radical (unpaired) electrons. The van der Waals surface area contributed by atoms with Crippen LogP contribution in [0.2, 0.25) is 0 Å². The van der Waals surface area contributed by atoms with Crippen molar-refractivity contribution in [2.75, 3.05) is 25.2 Å². The van der Waals surface area contributed by atoms with Crippen LogP contribution in [-0.4, -0.2) is 83.5 Å². The molecule has 152 valence electrons. The molecule has 0 bridgehead atoms. The zero-order chi connectivity index (χ0) is 20.6. The smallest absolute Gasteiger partial charge is 0.319 e. The van der Waals surface area contributed by atoms with Crippen LogP contribution in [0.1, 0.15) is 6.92 Å².